The van der Waals surface area contributed by atoms with Gasteiger partial charge in [-0.15, -0.1) is 0 Å². The quantitative estimate of drug-likeness (QED) is 0.557. The van der Waals surface area contributed by atoms with Gasteiger partial charge >= 0.3 is 0 Å². The molecule has 0 aliphatic heterocycles. The third-order valence-corrected chi connectivity index (χ3v) is 4.39. The third-order valence-electron chi connectivity index (χ3n) is 4.39. The molecule has 0 N–H and O–H groups in total. The number of hydrogen-bond acceptors (Lipinski definition) is 3. The van der Waals surface area contributed by atoms with Gasteiger partial charge in [-0.25, -0.2) is 0 Å². The van der Waals surface area contributed by atoms with Crippen molar-refractivity contribution in [2.75, 3.05) is 7.11 Å². The third kappa shape index (κ3) is 5.05. The fraction of sp³-hybridized carbons (Fsp3) is 0.167. The van der Waals surface area contributed by atoms with Crippen LogP contribution in [0.15, 0.2) is 89.9 Å². The summed E-state index contributed by atoms with van der Waals surface area (Å²) < 4.78 is 5.19. The normalized spacial score (nSPS) is 11.3. The SMILES string of the molecule is COc1ccc(CCC(C#N)N=C(c2ccccc2)c2ccccc2)cc1. The summed E-state index contributed by atoms with van der Waals surface area (Å²) in [5, 5.41) is 9.65. The largest absolute Gasteiger partial charge is 0.497 e. The maximum absolute atomic E-state index is 9.65. The van der Waals surface area contributed by atoms with Crippen molar-refractivity contribution in [2.45, 2.75) is 18.9 Å². The molecule has 3 aromatic rings. The van der Waals surface area contributed by atoms with Crippen LogP contribution in [0, 0.1) is 11.3 Å². The van der Waals surface area contributed by atoms with Gasteiger partial charge in [0.2, 0.25) is 0 Å². The van der Waals surface area contributed by atoms with Crippen LogP contribution < -0.4 is 4.74 Å². The molecule has 0 fully saturated rings. The van der Waals surface area contributed by atoms with Gasteiger partial charge in [0.1, 0.15) is 11.8 Å². The molecule has 0 spiro atoms. The number of nitriles is 1. The zero-order valence-electron chi connectivity index (χ0n) is 15.4. The minimum Gasteiger partial charge on any atom is -0.497 e. The molecule has 3 nitrogen and oxygen atoms in total. The molecule has 0 amide bonds. The maximum Gasteiger partial charge on any atom is 0.137 e. The summed E-state index contributed by atoms with van der Waals surface area (Å²) in [7, 11) is 1.66. The maximum atomic E-state index is 9.65. The van der Waals surface area contributed by atoms with Crippen LogP contribution in [0.4, 0.5) is 0 Å². The molecule has 134 valence electrons. The number of aryl methyl sites for hydroxylation is 1. The van der Waals surface area contributed by atoms with Crippen LogP contribution >= 0.6 is 0 Å². The molecule has 3 aromatic carbocycles. The van der Waals surface area contributed by atoms with Crippen LogP contribution in [-0.4, -0.2) is 18.9 Å². The average Bonchev–Trinajstić information content (AvgIpc) is 2.75. The Labute approximate surface area is 160 Å². The molecule has 0 radical (unpaired) electrons. The van der Waals surface area contributed by atoms with Gasteiger partial charge in [0.15, 0.2) is 0 Å². The van der Waals surface area contributed by atoms with Crippen molar-refractivity contribution in [3.63, 3.8) is 0 Å². The van der Waals surface area contributed by atoms with Gasteiger partial charge in [-0.2, -0.15) is 5.26 Å². The van der Waals surface area contributed by atoms with E-state index in [2.05, 4.69) is 6.07 Å². The standard InChI is InChI=1S/C24H22N2O/c1-27-23-16-13-19(14-17-23)12-15-22(18-25)26-24(20-8-4-2-5-9-20)21-10-6-3-7-11-21/h2-11,13-14,16-17,22H,12,15H2,1H3. The molecule has 1 atom stereocenters. The molecule has 0 aromatic heterocycles. The van der Waals surface area contributed by atoms with Crippen molar-refractivity contribution < 1.29 is 4.74 Å². The van der Waals surface area contributed by atoms with Gasteiger partial charge in [-0.3, -0.25) is 4.99 Å². The lowest BCUT2D eigenvalue weighted by Crippen LogP contribution is -2.11. The van der Waals surface area contributed by atoms with Crippen molar-refractivity contribution in [1.82, 2.24) is 0 Å². The Morgan fingerprint density at radius 2 is 1.44 bits per heavy atom. The van der Waals surface area contributed by atoms with E-state index in [-0.39, 0.29) is 0 Å². The number of benzene rings is 3. The molecule has 3 heteroatoms. The van der Waals surface area contributed by atoms with Gasteiger partial charge in [-0.05, 0) is 30.5 Å². The minimum absolute atomic E-state index is 0.400. The number of methoxy groups -OCH3 is 1. The summed E-state index contributed by atoms with van der Waals surface area (Å²) in [6.45, 7) is 0. The van der Waals surface area contributed by atoms with Crippen molar-refractivity contribution in [3.8, 4) is 11.8 Å². The molecule has 1 unspecified atom stereocenters. The van der Waals surface area contributed by atoms with E-state index in [0.717, 1.165) is 29.0 Å². The van der Waals surface area contributed by atoms with E-state index in [1.165, 1.54) is 5.56 Å². The first-order valence-electron chi connectivity index (χ1n) is 9.01. The first-order valence-corrected chi connectivity index (χ1v) is 9.01. The van der Waals surface area contributed by atoms with Crippen molar-refractivity contribution in [1.29, 1.82) is 5.26 Å². The van der Waals surface area contributed by atoms with E-state index in [1.807, 2.05) is 84.9 Å². The molecule has 0 aliphatic rings. The fourth-order valence-corrected chi connectivity index (χ4v) is 2.92. The number of rotatable bonds is 7. The highest BCUT2D eigenvalue weighted by molar-refractivity contribution is 6.13. The van der Waals surface area contributed by atoms with Gasteiger partial charge in [0, 0.05) is 11.1 Å². The molecule has 0 saturated heterocycles. The monoisotopic (exact) mass is 354 g/mol. The number of hydrogen-bond donors (Lipinski definition) is 0. The molecule has 27 heavy (non-hydrogen) atoms. The van der Waals surface area contributed by atoms with Crippen LogP contribution in [0.25, 0.3) is 0 Å². The first-order chi connectivity index (χ1) is 13.3. The Kier molecular flexibility index (Phi) is 6.38. The predicted octanol–water partition coefficient (Wildman–Crippen LogP) is 5.06. The molecule has 0 aliphatic carbocycles. The van der Waals surface area contributed by atoms with E-state index >= 15 is 0 Å². The van der Waals surface area contributed by atoms with Crippen molar-refractivity contribution in [3.05, 3.63) is 102 Å². The van der Waals surface area contributed by atoms with E-state index in [0.29, 0.717) is 6.42 Å². The summed E-state index contributed by atoms with van der Waals surface area (Å²) in [5.41, 5.74) is 4.08. The van der Waals surface area contributed by atoms with Crippen LogP contribution in [0.5, 0.6) is 5.75 Å². The second-order valence-electron chi connectivity index (χ2n) is 6.24. The molecule has 0 saturated carbocycles. The summed E-state index contributed by atoms with van der Waals surface area (Å²) >= 11 is 0. The predicted molar refractivity (Wildman–Crippen MR) is 109 cm³/mol. The number of aliphatic imine (C=N–C) groups is 1. The lowest BCUT2D eigenvalue weighted by molar-refractivity contribution is 0.414. The Hall–Kier alpha value is -3.38. The lowest BCUT2D eigenvalue weighted by atomic mass is 10.0. The highest BCUT2D eigenvalue weighted by Gasteiger charge is 2.12. The highest BCUT2D eigenvalue weighted by atomic mass is 16.5. The summed E-state index contributed by atoms with van der Waals surface area (Å²) in [6.07, 6.45) is 1.47. The smallest absolute Gasteiger partial charge is 0.137 e. The minimum atomic E-state index is -0.400. The van der Waals surface area contributed by atoms with Gasteiger partial charge in [0.25, 0.3) is 0 Å². The van der Waals surface area contributed by atoms with E-state index in [9.17, 15) is 5.26 Å². The lowest BCUT2D eigenvalue weighted by Gasteiger charge is -2.11. The number of nitrogens with zero attached hydrogens (tertiary/aromatic N) is 2. The molecular weight excluding hydrogens is 332 g/mol. The molecule has 3 rings (SSSR count). The van der Waals surface area contributed by atoms with Gasteiger partial charge < -0.3 is 4.74 Å². The topological polar surface area (TPSA) is 45.4 Å². The average molecular weight is 354 g/mol. The highest BCUT2D eigenvalue weighted by Crippen LogP contribution is 2.16. The van der Waals surface area contributed by atoms with E-state index in [1.54, 1.807) is 7.11 Å². The van der Waals surface area contributed by atoms with E-state index in [4.69, 9.17) is 9.73 Å². The Bertz CT molecular complexity index is 869. The number of ether oxygens (including phenoxy) is 1. The second kappa shape index (κ2) is 9.35. The summed E-state index contributed by atoms with van der Waals surface area (Å²) in [4.78, 5) is 4.81. The van der Waals surface area contributed by atoms with Crippen molar-refractivity contribution >= 4 is 5.71 Å². The second-order valence-corrected chi connectivity index (χ2v) is 6.24. The summed E-state index contributed by atoms with van der Waals surface area (Å²) in [5.74, 6) is 0.837. The summed E-state index contributed by atoms with van der Waals surface area (Å²) in [6, 6.07) is 30.0. The Morgan fingerprint density at radius 3 is 1.93 bits per heavy atom. The van der Waals surface area contributed by atoms with Gasteiger partial charge in [0.05, 0.1) is 18.9 Å². The van der Waals surface area contributed by atoms with E-state index < -0.39 is 6.04 Å². The Morgan fingerprint density at radius 1 is 0.889 bits per heavy atom. The Balaban J connectivity index is 1.82. The van der Waals surface area contributed by atoms with Crippen LogP contribution in [0.1, 0.15) is 23.1 Å². The molecule has 0 bridgehead atoms. The van der Waals surface area contributed by atoms with Gasteiger partial charge in [-0.1, -0.05) is 72.8 Å². The first kappa shape index (κ1) is 18.4. The molecular formula is C24H22N2O. The fourth-order valence-electron chi connectivity index (χ4n) is 2.92. The van der Waals surface area contributed by atoms with Crippen molar-refractivity contribution in [2.24, 2.45) is 4.99 Å². The van der Waals surface area contributed by atoms with Crippen LogP contribution in [0.2, 0.25) is 0 Å². The van der Waals surface area contributed by atoms with Crippen LogP contribution in [0.3, 0.4) is 0 Å². The zero-order chi connectivity index (χ0) is 18.9. The molecule has 0 heterocycles. The zero-order valence-corrected chi connectivity index (χ0v) is 15.4. The van der Waals surface area contributed by atoms with Crippen LogP contribution in [-0.2, 0) is 6.42 Å².